The van der Waals surface area contributed by atoms with Gasteiger partial charge in [0.25, 0.3) is 5.56 Å². The molecule has 0 unspecified atom stereocenters. The number of nitrogens with zero attached hydrogens (tertiary/aromatic N) is 3. The molecule has 3 rings (SSSR count). The van der Waals surface area contributed by atoms with Crippen LogP contribution in [-0.4, -0.2) is 22.0 Å². The third-order valence-electron chi connectivity index (χ3n) is 3.79. The van der Waals surface area contributed by atoms with Gasteiger partial charge in [-0.2, -0.15) is 9.78 Å². The Morgan fingerprint density at radius 1 is 1.21 bits per heavy atom. The maximum absolute atomic E-state index is 12.4. The van der Waals surface area contributed by atoms with Gasteiger partial charge < -0.3 is 4.74 Å². The van der Waals surface area contributed by atoms with Gasteiger partial charge in [0.1, 0.15) is 12.1 Å². The van der Waals surface area contributed by atoms with Gasteiger partial charge in [-0.1, -0.05) is 31.2 Å². The Balaban J connectivity index is 1.95. The highest BCUT2D eigenvalue weighted by atomic mass is 16.5. The molecule has 0 aliphatic rings. The lowest BCUT2D eigenvalue weighted by Crippen LogP contribution is -2.17. The van der Waals surface area contributed by atoms with Crippen molar-refractivity contribution in [2.75, 3.05) is 0 Å². The highest BCUT2D eigenvalue weighted by Crippen LogP contribution is 2.18. The molecule has 1 aromatic heterocycles. The van der Waals surface area contributed by atoms with Crippen LogP contribution in [0.2, 0.25) is 0 Å². The molecule has 1 heterocycles. The average Bonchev–Trinajstić information content (AvgIpc) is 2.62. The van der Waals surface area contributed by atoms with Crippen LogP contribution in [0.4, 0.5) is 0 Å². The van der Waals surface area contributed by atoms with Gasteiger partial charge in [0.05, 0.1) is 23.2 Å². The minimum Gasteiger partial charge on any atom is -0.490 e. The summed E-state index contributed by atoms with van der Waals surface area (Å²) < 4.78 is 7.13. The van der Waals surface area contributed by atoms with Crippen molar-refractivity contribution in [1.29, 1.82) is 0 Å². The number of hydrogen-bond donors (Lipinski definition) is 0. The largest absolute Gasteiger partial charge is 0.490 e. The minimum atomic E-state index is -0.197. The quantitative estimate of drug-likeness (QED) is 0.676. The third kappa shape index (κ3) is 3.35. The molecule has 0 radical (unpaired) electrons. The Morgan fingerprint density at radius 2 is 1.96 bits per heavy atom. The van der Waals surface area contributed by atoms with Crippen LogP contribution in [-0.2, 0) is 0 Å². The third-order valence-corrected chi connectivity index (χ3v) is 3.79. The van der Waals surface area contributed by atoms with Crippen molar-refractivity contribution in [1.82, 2.24) is 9.66 Å². The van der Waals surface area contributed by atoms with E-state index in [1.807, 2.05) is 43.3 Å². The van der Waals surface area contributed by atoms with E-state index in [9.17, 15) is 4.79 Å². The Labute approximate surface area is 140 Å². The van der Waals surface area contributed by atoms with Crippen molar-refractivity contribution in [3.05, 3.63) is 70.8 Å². The molecule has 5 nitrogen and oxygen atoms in total. The molecule has 0 fully saturated rings. The maximum Gasteiger partial charge on any atom is 0.281 e. The van der Waals surface area contributed by atoms with Crippen molar-refractivity contribution in [3.63, 3.8) is 0 Å². The monoisotopic (exact) mass is 321 g/mol. The SMILES string of the molecule is CC[C@H](C)Oc1ccccc1/C=N/n1cnc2ccccc2c1=O. The fourth-order valence-corrected chi connectivity index (χ4v) is 2.26. The lowest BCUT2D eigenvalue weighted by Gasteiger charge is -2.14. The fraction of sp³-hybridized carbons (Fsp3) is 0.211. The van der Waals surface area contributed by atoms with Gasteiger partial charge in [-0.3, -0.25) is 4.79 Å². The van der Waals surface area contributed by atoms with Crippen LogP contribution in [0.15, 0.2) is 64.8 Å². The summed E-state index contributed by atoms with van der Waals surface area (Å²) in [5.74, 6) is 0.748. The fourth-order valence-electron chi connectivity index (χ4n) is 2.26. The van der Waals surface area contributed by atoms with E-state index in [-0.39, 0.29) is 11.7 Å². The number of fused-ring (bicyclic) bond motifs is 1. The summed E-state index contributed by atoms with van der Waals surface area (Å²) in [5.41, 5.74) is 1.28. The average molecular weight is 321 g/mol. The number of benzene rings is 2. The van der Waals surface area contributed by atoms with Crippen LogP contribution in [0.1, 0.15) is 25.8 Å². The van der Waals surface area contributed by atoms with E-state index >= 15 is 0 Å². The Hall–Kier alpha value is -2.95. The highest BCUT2D eigenvalue weighted by molar-refractivity contribution is 5.83. The first kappa shape index (κ1) is 15.9. The van der Waals surface area contributed by atoms with Crippen LogP contribution in [0, 0.1) is 0 Å². The first-order chi connectivity index (χ1) is 11.7. The van der Waals surface area contributed by atoms with Crippen molar-refractivity contribution in [2.24, 2.45) is 5.10 Å². The molecule has 0 bridgehead atoms. The normalized spacial score (nSPS) is 12.6. The predicted octanol–water partition coefficient (Wildman–Crippen LogP) is 3.46. The van der Waals surface area contributed by atoms with Gasteiger partial charge in [0.2, 0.25) is 0 Å². The van der Waals surface area contributed by atoms with Gasteiger partial charge in [0.15, 0.2) is 0 Å². The molecule has 0 spiro atoms. The van der Waals surface area contributed by atoms with Crippen LogP contribution < -0.4 is 10.3 Å². The summed E-state index contributed by atoms with van der Waals surface area (Å²) >= 11 is 0. The van der Waals surface area contributed by atoms with Gasteiger partial charge in [-0.05, 0) is 37.6 Å². The van der Waals surface area contributed by atoms with Gasteiger partial charge in [0, 0.05) is 5.56 Å². The molecule has 0 saturated carbocycles. The van der Waals surface area contributed by atoms with Crippen molar-refractivity contribution < 1.29 is 4.74 Å². The van der Waals surface area contributed by atoms with Crippen molar-refractivity contribution in [3.8, 4) is 5.75 Å². The van der Waals surface area contributed by atoms with Gasteiger partial charge in [-0.15, -0.1) is 0 Å². The molecule has 0 amide bonds. The summed E-state index contributed by atoms with van der Waals surface area (Å²) in [5, 5.41) is 4.80. The molecule has 122 valence electrons. The standard InChI is InChI=1S/C19H19N3O2/c1-3-14(2)24-18-11-7-4-8-15(18)12-21-22-13-20-17-10-6-5-9-16(17)19(22)23/h4-14H,3H2,1-2H3/b21-12+/t14-/m0/s1. The van der Waals surface area contributed by atoms with Crippen LogP contribution in [0.3, 0.4) is 0 Å². The van der Waals surface area contributed by atoms with E-state index in [0.29, 0.717) is 10.9 Å². The summed E-state index contributed by atoms with van der Waals surface area (Å²) in [6.07, 6.45) is 4.08. The molecular formula is C19H19N3O2. The zero-order valence-corrected chi connectivity index (χ0v) is 13.7. The van der Waals surface area contributed by atoms with Crippen molar-refractivity contribution in [2.45, 2.75) is 26.4 Å². The van der Waals surface area contributed by atoms with Crippen molar-refractivity contribution >= 4 is 17.1 Å². The molecule has 5 heteroatoms. The zero-order chi connectivity index (χ0) is 16.9. The van der Waals surface area contributed by atoms with E-state index in [4.69, 9.17) is 4.74 Å². The second-order valence-electron chi connectivity index (χ2n) is 5.53. The topological polar surface area (TPSA) is 56.5 Å². The summed E-state index contributed by atoms with van der Waals surface area (Å²) in [4.78, 5) is 16.7. The summed E-state index contributed by atoms with van der Waals surface area (Å²) in [6, 6.07) is 14.8. The van der Waals surface area contributed by atoms with E-state index in [1.54, 1.807) is 18.3 Å². The van der Waals surface area contributed by atoms with E-state index in [1.165, 1.54) is 11.0 Å². The minimum absolute atomic E-state index is 0.115. The summed E-state index contributed by atoms with van der Waals surface area (Å²) in [6.45, 7) is 4.09. The molecule has 0 N–H and O–H groups in total. The number of aromatic nitrogens is 2. The van der Waals surface area contributed by atoms with E-state index < -0.39 is 0 Å². The number of hydrogen-bond acceptors (Lipinski definition) is 4. The van der Waals surface area contributed by atoms with Gasteiger partial charge >= 0.3 is 0 Å². The number of para-hydroxylation sites is 2. The van der Waals surface area contributed by atoms with Crippen LogP contribution in [0.25, 0.3) is 10.9 Å². The number of ether oxygens (including phenoxy) is 1. The second kappa shape index (κ2) is 7.08. The second-order valence-corrected chi connectivity index (χ2v) is 5.53. The van der Waals surface area contributed by atoms with E-state index in [2.05, 4.69) is 17.0 Å². The Bertz CT molecular complexity index is 931. The van der Waals surface area contributed by atoms with E-state index in [0.717, 1.165) is 17.7 Å². The Kier molecular flexibility index (Phi) is 4.70. The maximum atomic E-state index is 12.4. The first-order valence-electron chi connectivity index (χ1n) is 7.95. The molecule has 1 atom stereocenters. The lowest BCUT2D eigenvalue weighted by molar-refractivity contribution is 0.217. The number of rotatable bonds is 5. The molecule has 0 aliphatic carbocycles. The molecule has 2 aromatic carbocycles. The van der Waals surface area contributed by atoms with Crippen LogP contribution in [0.5, 0.6) is 5.75 Å². The molecule has 24 heavy (non-hydrogen) atoms. The smallest absolute Gasteiger partial charge is 0.281 e. The predicted molar refractivity (Wildman–Crippen MR) is 95.8 cm³/mol. The first-order valence-corrected chi connectivity index (χ1v) is 7.95. The van der Waals surface area contributed by atoms with Crippen LogP contribution >= 0.6 is 0 Å². The molecular weight excluding hydrogens is 302 g/mol. The molecule has 0 aliphatic heterocycles. The molecule has 0 saturated heterocycles. The summed E-state index contributed by atoms with van der Waals surface area (Å²) in [7, 11) is 0. The molecule has 3 aromatic rings. The lowest BCUT2D eigenvalue weighted by atomic mass is 10.2. The Morgan fingerprint density at radius 3 is 2.79 bits per heavy atom. The highest BCUT2D eigenvalue weighted by Gasteiger charge is 2.06. The zero-order valence-electron chi connectivity index (χ0n) is 13.7. The van der Waals surface area contributed by atoms with Gasteiger partial charge in [-0.25, -0.2) is 4.98 Å².